The van der Waals surface area contributed by atoms with E-state index in [9.17, 15) is 9.81 Å². The molecule has 0 aliphatic heterocycles. The van der Waals surface area contributed by atoms with Gasteiger partial charge in [-0.15, -0.1) is 9.81 Å². The summed E-state index contributed by atoms with van der Waals surface area (Å²) in [7, 11) is 0. The summed E-state index contributed by atoms with van der Waals surface area (Å²) in [5.74, 6) is -1.62. The molecule has 13 heteroatoms. The first-order valence-corrected chi connectivity index (χ1v) is 3.41. The summed E-state index contributed by atoms with van der Waals surface area (Å²) < 4.78 is 0. The second-order valence-corrected chi connectivity index (χ2v) is 2.00. The van der Waals surface area contributed by atoms with Gasteiger partial charge in [-0.2, -0.15) is 0 Å². The predicted octanol–water partition coefficient (Wildman–Crippen LogP) is -2.45. The number of hydrogen-bond donors (Lipinski definition) is 8. The molecule has 0 aromatic heterocycles. The maximum atomic E-state index is 9.44. The van der Waals surface area contributed by atoms with Gasteiger partial charge < -0.3 is 22.9 Å². The Morgan fingerprint density at radius 1 is 0.824 bits per heavy atom. The average Bonchev–Trinajstić information content (AvgIpc) is 2.35. The molecule has 0 aromatic rings. The Balaban J connectivity index is -0.000000218. The molecule has 0 unspecified atom stereocenters. The molecular formula is C4H12N8O4Pt. The number of nitroso groups, excluding NO2 is 2. The molecule has 0 amide bonds. The fourth-order valence-corrected chi connectivity index (χ4v) is 0.213. The van der Waals surface area contributed by atoms with Crippen LogP contribution in [-0.4, -0.2) is 10.4 Å². The van der Waals surface area contributed by atoms with Gasteiger partial charge in [-0.25, -0.2) is 0 Å². The van der Waals surface area contributed by atoms with Crippen molar-refractivity contribution in [3.63, 3.8) is 0 Å². The number of nitrogens with one attached hydrogen (secondary N) is 2. The zero-order valence-corrected chi connectivity index (χ0v) is 10.5. The van der Waals surface area contributed by atoms with Crippen LogP contribution in [0.15, 0.2) is 33.6 Å². The third kappa shape index (κ3) is 10.4. The maximum Gasteiger partial charge on any atom is 0.210 e. The minimum absolute atomic E-state index is 0. The molecule has 0 saturated heterocycles. The Kier molecular flexibility index (Phi) is 14.7. The zero-order chi connectivity index (χ0) is 13.1. The van der Waals surface area contributed by atoms with Crippen molar-refractivity contribution < 1.29 is 31.5 Å². The molecule has 0 radical (unpaired) electrons. The van der Waals surface area contributed by atoms with E-state index in [4.69, 9.17) is 33.3 Å². The number of rotatable bonds is 4. The van der Waals surface area contributed by atoms with Crippen LogP contribution in [0.3, 0.4) is 0 Å². The van der Waals surface area contributed by atoms with Crippen molar-refractivity contribution in [3.8, 4) is 0 Å². The fraction of sp³-hybridized carbons (Fsp3) is 0. The van der Waals surface area contributed by atoms with E-state index in [-0.39, 0.29) is 32.7 Å². The van der Waals surface area contributed by atoms with Crippen LogP contribution in [0.4, 0.5) is 0 Å². The molecule has 17 heavy (non-hydrogen) atoms. The van der Waals surface area contributed by atoms with E-state index in [0.29, 0.717) is 0 Å². The van der Waals surface area contributed by atoms with Crippen molar-refractivity contribution in [1.82, 2.24) is 11.0 Å². The fourth-order valence-electron chi connectivity index (χ4n) is 0.213. The van der Waals surface area contributed by atoms with Crippen LogP contribution >= 0.6 is 0 Å². The van der Waals surface area contributed by atoms with Gasteiger partial charge in [-0.3, -0.25) is 21.4 Å². The van der Waals surface area contributed by atoms with Crippen molar-refractivity contribution in [2.24, 2.45) is 33.3 Å². The standard InChI is InChI=1S/2C2H6N4O2.Pt/c2*3-1(5-7)2(4)6-8;/h2*5,7H,3-4H2;. The molecule has 0 aliphatic carbocycles. The van der Waals surface area contributed by atoms with Crippen LogP contribution in [0.5, 0.6) is 0 Å². The molecule has 0 fully saturated rings. The topological polar surface area (TPSA) is 227 Å². The van der Waals surface area contributed by atoms with Crippen molar-refractivity contribution in [2.45, 2.75) is 0 Å². The quantitative estimate of drug-likeness (QED) is 0.173. The van der Waals surface area contributed by atoms with E-state index >= 15 is 0 Å². The van der Waals surface area contributed by atoms with E-state index in [0.717, 1.165) is 0 Å². The summed E-state index contributed by atoms with van der Waals surface area (Å²) in [6.07, 6.45) is 0. The van der Waals surface area contributed by atoms with Gasteiger partial charge >= 0.3 is 0 Å². The number of nitrogens with zero attached hydrogens (tertiary/aromatic N) is 2. The van der Waals surface area contributed by atoms with Gasteiger partial charge in [0.2, 0.25) is 11.6 Å². The molecule has 0 bridgehead atoms. The molecule has 0 aromatic carbocycles. The van der Waals surface area contributed by atoms with Gasteiger partial charge in [0.15, 0.2) is 11.6 Å². The average molecular weight is 431 g/mol. The SMILES string of the molecule is NC(N=O)=C(N)NO.NC(N=O)=C(N)NO.[Pt]. The van der Waals surface area contributed by atoms with Crippen LogP contribution in [0.1, 0.15) is 0 Å². The summed E-state index contributed by atoms with van der Waals surface area (Å²) >= 11 is 0. The zero-order valence-electron chi connectivity index (χ0n) is 8.23. The van der Waals surface area contributed by atoms with Crippen molar-refractivity contribution >= 4 is 0 Å². The van der Waals surface area contributed by atoms with Crippen LogP contribution in [0.25, 0.3) is 0 Å². The first-order chi connectivity index (χ1) is 7.44. The smallest absolute Gasteiger partial charge is 0.210 e. The van der Waals surface area contributed by atoms with E-state index in [1.54, 1.807) is 0 Å². The molecule has 102 valence electrons. The minimum Gasteiger partial charge on any atom is -0.381 e. The van der Waals surface area contributed by atoms with E-state index < -0.39 is 11.6 Å². The largest absolute Gasteiger partial charge is 0.381 e. The predicted molar refractivity (Wildman–Crippen MR) is 52.2 cm³/mol. The van der Waals surface area contributed by atoms with Gasteiger partial charge in [-0.05, 0) is 10.4 Å². The van der Waals surface area contributed by atoms with Crippen LogP contribution in [-0.2, 0) is 21.1 Å². The van der Waals surface area contributed by atoms with Crippen molar-refractivity contribution in [3.05, 3.63) is 33.1 Å². The molecule has 12 N–H and O–H groups in total. The summed E-state index contributed by atoms with van der Waals surface area (Å²) in [6, 6.07) is 0. The number of hydroxylamine groups is 2. The minimum atomic E-state index is -0.465. The number of nitrogens with two attached hydrogens (primary N) is 4. The van der Waals surface area contributed by atoms with Crippen LogP contribution in [0, 0.1) is 9.81 Å². The third-order valence-electron chi connectivity index (χ3n) is 0.990. The summed E-state index contributed by atoms with van der Waals surface area (Å²) in [5, 5.41) is 20.3. The Morgan fingerprint density at radius 3 is 1.12 bits per heavy atom. The molecule has 0 atom stereocenters. The molecular weight excluding hydrogens is 419 g/mol. The first kappa shape index (κ1) is 20.5. The monoisotopic (exact) mass is 431 g/mol. The van der Waals surface area contributed by atoms with Gasteiger partial charge in [0.25, 0.3) is 0 Å². The first-order valence-electron chi connectivity index (χ1n) is 3.41. The molecule has 0 aliphatic rings. The normalized spacial score (nSPS) is 11.4. The molecule has 0 saturated carbocycles. The Morgan fingerprint density at radius 2 is 1.06 bits per heavy atom. The van der Waals surface area contributed by atoms with Crippen LogP contribution in [0.2, 0.25) is 0 Å². The van der Waals surface area contributed by atoms with E-state index in [1.165, 1.54) is 11.0 Å². The third-order valence-corrected chi connectivity index (χ3v) is 0.990. The Hall–Kier alpha value is -1.91. The van der Waals surface area contributed by atoms with Crippen molar-refractivity contribution in [2.75, 3.05) is 0 Å². The molecule has 12 nitrogen and oxygen atoms in total. The molecule has 0 spiro atoms. The Labute approximate surface area is 109 Å². The molecule has 0 rings (SSSR count). The van der Waals surface area contributed by atoms with Crippen LogP contribution < -0.4 is 33.9 Å². The second kappa shape index (κ2) is 12.2. The maximum absolute atomic E-state index is 9.44. The molecule has 0 heterocycles. The van der Waals surface area contributed by atoms with Crippen molar-refractivity contribution in [1.29, 1.82) is 0 Å². The Bertz CT molecular complexity index is 274. The summed E-state index contributed by atoms with van der Waals surface area (Å²) in [4.78, 5) is 18.9. The van der Waals surface area contributed by atoms with Gasteiger partial charge in [0, 0.05) is 21.1 Å². The summed E-state index contributed by atoms with van der Waals surface area (Å²) in [5.41, 5.74) is 22.1. The van der Waals surface area contributed by atoms with Gasteiger partial charge in [-0.1, -0.05) is 0 Å². The van der Waals surface area contributed by atoms with E-state index in [1.807, 2.05) is 0 Å². The van der Waals surface area contributed by atoms with Gasteiger partial charge in [0.05, 0.1) is 0 Å². The van der Waals surface area contributed by atoms with Gasteiger partial charge in [0.1, 0.15) is 0 Å². The number of hydrogen-bond acceptors (Lipinski definition) is 12. The summed E-state index contributed by atoms with van der Waals surface area (Å²) in [6.45, 7) is 0. The van der Waals surface area contributed by atoms with E-state index in [2.05, 4.69) is 10.4 Å². The second-order valence-electron chi connectivity index (χ2n) is 2.00.